The van der Waals surface area contributed by atoms with Gasteiger partial charge in [0.25, 0.3) is 0 Å². The molecule has 0 bridgehead atoms. The molecule has 0 unspecified atom stereocenters. The standard InChI is InChI=1S/C9H11O/c1-7(2)8-4-3-5-9(10)6-8/h3-4,6-7,10H,1-2H3. The number of benzene rings is 1. The average Bonchev–Trinajstić information content (AvgIpc) is 1.88. The van der Waals surface area contributed by atoms with Gasteiger partial charge >= 0.3 is 0 Å². The largest absolute Gasteiger partial charge is 0.507 e. The molecule has 0 spiro atoms. The van der Waals surface area contributed by atoms with Gasteiger partial charge in [-0.15, -0.1) is 0 Å². The van der Waals surface area contributed by atoms with Crippen molar-refractivity contribution in [2.75, 3.05) is 0 Å². The minimum absolute atomic E-state index is 0.228. The van der Waals surface area contributed by atoms with E-state index in [9.17, 15) is 0 Å². The van der Waals surface area contributed by atoms with Crippen LogP contribution in [0.4, 0.5) is 0 Å². The van der Waals surface area contributed by atoms with Crippen LogP contribution in [0.3, 0.4) is 0 Å². The molecule has 10 heavy (non-hydrogen) atoms. The van der Waals surface area contributed by atoms with Crippen LogP contribution in [-0.2, 0) is 0 Å². The van der Waals surface area contributed by atoms with Gasteiger partial charge in [0.1, 0.15) is 5.75 Å². The monoisotopic (exact) mass is 135 g/mol. The van der Waals surface area contributed by atoms with Gasteiger partial charge in [0.05, 0.1) is 0 Å². The third-order valence-electron chi connectivity index (χ3n) is 1.48. The fourth-order valence-electron chi connectivity index (χ4n) is 0.830. The van der Waals surface area contributed by atoms with Crippen molar-refractivity contribution in [1.82, 2.24) is 0 Å². The molecule has 0 amide bonds. The summed E-state index contributed by atoms with van der Waals surface area (Å²) in [7, 11) is 0. The predicted octanol–water partition coefficient (Wildman–Crippen LogP) is 2.32. The van der Waals surface area contributed by atoms with E-state index in [2.05, 4.69) is 19.9 Å². The fraction of sp³-hybridized carbons (Fsp3) is 0.333. The van der Waals surface area contributed by atoms with Crippen LogP contribution in [0.2, 0.25) is 0 Å². The zero-order valence-electron chi connectivity index (χ0n) is 6.26. The molecule has 1 radical (unpaired) electrons. The first-order valence-electron chi connectivity index (χ1n) is 3.41. The van der Waals surface area contributed by atoms with Crippen molar-refractivity contribution in [3.05, 3.63) is 29.8 Å². The minimum atomic E-state index is 0.228. The van der Waals surface area contributed by atoms with Gasteiger partial charge in [0.15, 0.2) is 0 Å². The highest BCUT2D eigenvalue weighted by atomic mass is 16.3. The summed E-state index contributed by atoms with van der Waals surface area (Å²) in [6, 6.07) is 8.13. The van der Waals surface area contributed by atoms with E-state index in [0.717, 1.165) is 5.56 Å². The number of hydrogen-bond donors (Lipinski definition) is 1. The smallest absolute Gasteiger partial charge is 0.123 e. The Bertz CT molecular complexity index is 216. The SMILES string of the molecule is CC(C)c1cc[c]c(O)c1. The molecule has 53 valence electrons. The lowest BCUT2D eigenvalue weighted by Gasteiger charge is -2.03. The van der Waals surface area contributed by atoms with Crippen LogP contribution in [0.5, 0.6) is 5.75 Å². The van der Waals surface area contributed by atoms with Gasteiger partial charge < -0.3 is 5.11 Å². The molecule has 0 aliphatic heterocycles. The maximum Gasteiger partial charge on any atom is 0.123 e. The van der Waals surface area contributed by atoms with Gasteiger partial charge in [-0.25, -0.2) is 0 Å². The van der Waals surface area contributed by atoms with Gasteiger partial charge in [0, 0.05) is 6.07 Å². The maximum absolute atomic E-state index is 9.01. The lowest BCUT2D eigenvalue weighted by atomic mass is 10.0. The highest BCUT2D eigenvalue weighted by Gasteiger charge is 1.97. The highest BCUT2D eigenvalue weighted by molar-refractivity contribution is 5.27. The van der Waals surface area contributed by atoms with E-state index in [0.29, 0.717) is 5.92 Å². The first-order chi connectivity index (χ1) is 4.70. The van der Waals surface area contributed by atoms with Crippen molar-refractivity contribution in [2.24, 2.45) is 0 Å². The Balaban J connectivity index is 2.96. The van der Waals surface area contributed by atoms with Crippen LogP contribution >= 0.6 is 0 Å². The van der Waals surface area contributed by atoms with Gasteiger partial charge in [-0.05, 0) is 17.5 Å². The second-order valence-electron chi connectivity index (χ2n) is 2.66. The Morgan fingerprint density at radius 1 is 1.50 bits per heavy atom. The molecule has 0 fully saturated rings. The van der Waals surface area contributed by atoms with Crippen molar-refractivity contribution in [3.63, 3.8) is 0 Å². The molecule has 0 aliphatic rings. The third-order valence-corrected chi connectivity index (χ3v) is 1.48. The normalized spacial score (nSPS) is 10.3. The summed E-state index contributed by atoms with van der Waals surface area (Å²) in [4.78, 5) is 0. The minimum Gasteiger partial charge on any atom is -0.507 e. The Morgan fingerprint density at radius 3 is 2.60 bits per heavy atom. The zero-order valence-corrected chi connectivity index (χ0v) is 6.26. The molecule has 1 aromatic carbocycles. The Labute approximate surface area is 61.3 Å². The highest BCUT2D eigenvalue weighted by Crippen LogP contribution is 2.17. The summed E-state index contributed by atoms with van der Waals surface area (Å²) in [5.41, 5.74) is 1.15. The lowest BCUT2D eigenvalue weighted by Crippen LogP contribution is -1.84. The van der Waals surface area contributed by atoms with Crippen LogP contribution in [0.25, 0.3) is 0 Å². The predicted molar refractivity (Wildman–Crippen MR) is 41.0 cm³/mol. The van der Waals surface area contributed by atoms with Crippen molar-refractivity contribution >= 4 is 0 Å². The summed E-state index contributed by atoms with van der Waals surface area (Å²) in [6.45, 7) is 4.18. The Hall–Kier alpha value is -0.980. The quantitative estimate of drug-likeness (QED) is 0.626. The van der Waals surface area contributed by atoms with Gasteiger partial charge in [-0.3, -0.25) is 0 Å². The van der Waals surface area contributed by atoms with E-state index in [1.807, 2.05) is 6.07 Å². The van der Waals surface area contributed by atoms with Gasteiger partial charge in [-0.1, -0.05) is 26.0 Å². The van der Waals surface area contributed by atoms with Crippen molar-refractivity contribution in [1.29, 1.82) is 0 Å². The topological polar surface area (TPSA) is 20.2 Å². The van der Waals surface area contributed by atoms with Crippen LogP contribution in [0.1, 0.15) is 25.3 Å². The summed E-state index contributed by atoms with van der Waals surface area (Å²) < 4.78 is 0. The molecule has 0 atom stereocenters. The molecule has 0 heterocycles. The Kier molecular flexibility index (Phi) is 1.95. The number of phenols is 1. The zero-order chi connectivity index (χ0) is 7.56. The first-order valence-corrected chi connectivity index (χ1v) is 3.41. The van der Waals surface area contributed by atoms with Crippen LogP contribution < -0.4 is 0 Å². The third kappa shape index (κ3) is 1.50. The average molecular weight is 135 g/mol. The van der Waals surface area contributed by atoms with E-state index >= 15 is 0 Å². The molecular weight excluding hydrogens is 124 g/mol. The number of aromatic hydroxyl groups is 1. The van der Waals surface area contributed by atoms with Gasteiger partial charge in [0.2, 0.25) is 0 Å². The molecule has 1 rings (SSSR count). The molecule has 0 saturated carbocycles. The molecule has 1 aromatic rings. The fourth-order valence-corrected chi connectivity index (χ4v) is 0.830. The van der Waals surface area contributed by atoms with E-state index in [-0.39, 0.29) is 5.75 Å². The second kappa shape index (κ2) is 2.74. The molecule has 1 heteroatoms. The summed E-state index contributed by atoms with van der Waals surface area (Å²) in [5.74, 6) is 0.701. The molecule has 0 aliphatic carbocycles. The van der Waals surface area contributed by atoms with E-state index < -0.39 is 0 Å². The lowest BCUT2D eigenvalue weighted by molar-refractivity contribution is 0.473. The van der Waals surface area contributed by atoms with Gasteiger partial charge in [-0.2, -0.15) is 0 Å². The number of phenolic OH excluding ortho intramolecular Hbond substituents is 1. The van der Waals surface area contributed by atoms with E-state index in [4.69, 9.17) is 5.11 Å². The summed E-state index contributed by atoms with van der Waals surface area (Å²) in [5, 5.41) is 9.01. The first kappa shape index (κ1) is 7.13. The van der Waals surface area contributed by atoms with Crippen LogP contribution in [0.15, 0.2) is 18.2 Å². The molecule has 1 nitrogen and oxygen atoms in total. The molecular formula is C9H11O. The van der Waals surface area contributed by atoms with Crippen molar-refractivity contribution in [3.8, 4) is 5.75 Å². The number of rotatable bonds is 1. The maximum atomic E-state index is 9.01. The number of hydrogen-bond acceptors (Lipinski definition) is 1. The summed E-state index contributed by atoms with van der Waals surface area (Å²) in [6.07, 6.45) is 0. The van der Waals surface area contributed by atoms with Crippen LogP contribution in [-0.4, -0.2) is 5.11 Å². The summed E-state index contributed by atoms with van der Waals surface area (Å²) >= 11 is 0. The van der Waals surface area contributed by atoms with Crippen LogP contribution in [0, 0.1) is 6.07 Å². The molecule has 0 saturated heterocycles. The van der Waals surface area contributed by atoms with Crippen molar-refractivity contribution < 1.29 is 5.11 Å². The van der Waals surface area contributed by atoms with E-state index in [1.54, 1.807) is 12.1 Å². The molecule has 0 aromatic heterocycles. The van der Waals surface area contributed by atoms with E-state index in [1.165, 1.54) is 0 Å². The Morgan fingerprint density at radius 2 is 2.20 bits per heavy atom. The second-order valence-corrected chi connectivity index (χ2v) is 2.66. The molecule has 1 N–H and O–H groups in total. The van der Waals surface area contributed by atoms with Crippen molar-refractivity contribution in [2.45, 2.75) is 19.8 Å².